The topological polar surface area (TPSA) is 72.8 Å². The van der Waals surface area contributed by atoms with Crippen molar-refractivity contribution in [2.75, 3.05) is 33.3 Å². The van der Waals surface area contributed by atoms with Crippen LogP contribution in [-0.4, -0.2) is 60.9 Å². The van der Waals surface area contributed by atoms with Crippen molar-refractivity contribution in [3.8, 4) is 0 Å². The molecule has 1 aromatic carbocycles. The number of ether oxygens (including phenoxy) is 2. The van der Waals surface area contributed by atoms with Gasteiger partial charge in [-0.3, -0.25) is 0 Å². The van der Waals surface area contributed by atoms with Crippen molar-refractivity contribution in [3.63, 3.8) is 0 Å². The van der Waals surface area contributed by atoms with Gasteiger partial charge < -0.3 is 36.0 Å². The van der Waals surface area contributed by atoms with Crippen LogP contribution in [0.5, 0.6) is 0 Å². The lowest BCUT2D eigenvalue weighted by molar-refractivity contribution is -0.891. The number of hydrogen-bond acceptors (Lipinski definition) is 5. The zero-order valence-electron chi connectivity index (χ0n) is 17.3. The molecule has 2 aliphatic rings. The molecule has 1 heterocycles. The summed E-state index contributed by atoms with van der Waals surface area (Å²) in [5.74, 6) is -0.909. The zero-order chi connectivity index (χ0) is 20.2. The SMILES string of the molecule is CCOC(=O)C[N@@+]1(C)CC[C@H](OC(=O)C(O)(c2ccccc2)C2CCCC2)C1.[Br-]. The normalized spacial score (nSPS) is 26.4. The average Bonchev–Trinajstić information content (AvgIpc) is 3.32. The first-order valence-electron chi connectivity index (χ1n) is 10.4. The van der Waals surface area contributed by atoms with Gasteiger partial charge in [0.15, 0.2) is 18.2 Å². The Bertz CT molecular complexity index is 694. The summed E-state index contributed by atoms with van der Waals surface area (Å²) in [6, 6.07) is 9.15. The molecule has 162 valence electrons. The summed E-state index contributed by atoms with van der Waals surface area (Å²) in [5.41, 5.74) is -1.00. The number of aliphatic hydroxyl groups is 1. The second-order valence-electron chi connectivity index (χ2n) is 8.42. The van der Waals surface area contributed by atoms with Gasteiger partial charge in [-0.25, -0.2) is 9.59 Å². The van der Waals surface area contributed by atoms with Crippen LogP contribution >= 0.6 is 0 Å². The van der Waals surface area contributed by atoms with E-state index in [0.29, 0.717) is 29.6 Å². The van der Waals surface area contributed by atoms with Crippen molar-refractivity contribution in [1.29, 1.82) is 0 Å². The minimum absolute atomic E-state index is 0. The van der Waals surface area contributed by atoms with Crippen LogP contribution in [0.2, 0.25) is 0 Å². The zero-order valence-corrected chi connectivity index (χ0v) is 18.9. The third-order valence-corrected chi connectivity index (χ3v) is 6.20. The Hall–Kier alpha value is -1.44. The molecule has 3 rings (SSSR count). The summed E-state index contributed by atoms with van der Waals surface area (Å²) >= 11 is 0. The summed E-state index contributed by atoms with van der Waals surface area (Å²) in [6.07, 6.45) is 4.06. The minimum atomic E-state index is -1.61. The van der Waals surface area contributed by atoms with Crippen molar-refractivity contribution < 1.29 is 45.6 Å². The third kappa shape index (κ3) is 5.38. The van der Waals surface area contributed by atoms with Crippen molar-refractivity contribution in [2.24, 2.45) is 5.92 Å². The second kappa shape index (κ2) is 10.0. The summed E-state index contributed by atoms with van der Waals surface area (Å²) < 4.78 is 11.4. The van der Waals surface area contributed by atoms with Crippen molar-refractivity contribution in [2.45, 2.75) is 50.7 Å². The van der Waals surface area contributed by atoms with E-state index < -0.39 is 11.6 Å². The molecular weight excluding hydrogens is 438 g/mol. The number of carbonyl (C=O) groups excluding carboxylic acids is 2. The molecule has 0 spiro atoms. The van der Waals surface area contributed by atoms with E-state index in [4.69, 9.17) is 9.47 Å². The smallest absolute Gasteiger partial charge is 0.361 e. The van der Waals surface area contributed by atoms with E-state index in [2.05, 4.69) is 0 Å². The molecule has 1 aliphatic carbocycles. The van der Waals surface area contributed by atoms with Gasteiger partial charge >= 0.3 is 11.9 Å². The second-order valence-corrected chi connectivity index (χ2v) is 8.42. The van der Waals surface area contributed by atoms with Crippen LogP contribution in [-0.2, 0) is 24.7 Å². The van der Waals surface area contributed by atoms with E-state index >= 15 is 0 Å². The Morgan fingerprint density at radius 3 is 2.45 bits per heavy atom. The largest absolute Gasteiger partial charge is 1.00 e. The highest BCUT2D eigenvalue weighted by Gasteiger charge is 2.50. The van der Waals surface area contributed by atoms with Crippen molar-refractivity contribution >= 4 is 11.9 Å². The summed E-state index contributed by atoms with van der Waals surface area (Å²) in [7, 11) is 1.98. The molecule has 2 fully saturated rings. The number of halogens is 1. The van der Waals surface area contributed by atoms with Gasteiger partial charge in [0.05, 0.1) is 20.2 Å². The summed E-state index contributed by atoms with van der Waals surface area (Å²) in [5, 5.41) is 11.5. The van der Waals surface area contributed by atoms with Crippen LogP contribution in [0.1, 0.15) is 44.6 Å². The number of benzene rings is 1. The lowest BCUT2D eigenvalue weighted by Gasteiger charge is -2.33. The number of hydrogen-bond donors (Lipinski definition) is 1. The van der Waals surface area contributed by atoms with Crippen LogP contribution in [0, 0.1) is 5.92 Å². The molecular formula is C22H32BrNO5. The number of nitrogens with zero attached hydrogens (tertiary/aromatic N) is 1. The fraction of sp³-hybridized carbons (Fsp3) is 0.636. The first kappa shape index (κ1) is 23.8. The van der Waals surface area contributed by atoms with E-state index in [9.17, 15) is 14.7 Å². The molecule has 29 heavy (non-hydrogen) atoms. The molecule has 3 atom stereocenters. The summed E-state index contributed by atoms with van der Waals surface area (Å²) in [6.45, 7) is 3.72. The van der Waals surface area contributed by atoms with E-state index in [-0.39, 0.29) is 41.5 Å². The van der Waals surface area contributed by atoms with Gasteiger partial charge in [0.2, 0.25) is 0 Å². The molecule has 0 radical (unpaired) electrons. The number of esters is 2. The highest BCUT2D eigenvalue weighted by molar-refractivity contribution is 5.81. The van der Waals surface area contributed by atoms with E-state index in [1.807, 2.05) is 25.2 Å². The molecule has 0 aromatic heterocycles. The maximum atomic E-state index is 13.2. The number of likely N-dealkylation sites (tertiary alicyclic amines) is 1. The fourth-order valence-electron chi connectivity index (χ4n) is 4.69. The maximum absolute atomic E-state index is 13.2. The number of likely N-dealkylation sites (N-methyl/N-ethyl adjacent to an activating group) is 1. The van der Waals surface area contributed by atoms with Crippen molar-refractivity contribution in [3.05, 3.63) is 35.9 Å². The van der Waals surface area contributed by atoms with Crippen LogP contribution in [0.15, 0.2) is 30.3 Å². The molecule has 1 saturated heterocycles. The first-order valence-corrected chi connectivity index (χ1v) is 10.4. The van der Waals surface area contributed by atoms with E-state index in [0.717, 1.165) is 32.2 Å². The van der Waals surface area contributed by atoms with Gasteiger partial charge in [-0.2, -0.15) is 0 Å². The number of quaternary nitrogens is 1. The van der Waals surface area contributed by atoms with Crippen molar-refractivity contribution in [1.82, 2.24) is 0 Å². The molecule has 1 aliphatic heterocycles. The monoisotopic (exact) mass is 469 g/mol. The molecule has 1 unspecified atom stereocenters. The molecule has 1 saturated carbocycles. The van der Waals surface area contributed by atoms with Gasteiger partial charge in [0.1, 0.15) is 6.54 Å². The van der Waals surface area contributed by atoms with Gasteiger partial charge in [-0.1, -0.05) is 43.2 Å². The van der Waals surface area contributed by atoms with Crippen LogP contribution < -0.4 is 17.0 Å². The average molecular weight is 470 g/mol. The number of carbonyl (C=O) groups is 2. The molecule has 0 bridgehead atoms. The lowest BCUT2D eigenvalue weighted by atomic mass is 9.80. The fourth-order valence-corrected chi connectivity index (χ4v) is 4.69. The number of rotatable bonds is 7. The van der Waals surface area contributed by atoms with E-state index in [1.54, 1.807) is 19.1 Å². The maximum Gasteiger partial charge on any atom is 0.361 e. The Morgan fingerprint density at radius 2 is 1.83 bits per heavy atom. The highest BCUT2D eigenvalue weighted by Crippen LogP contribution is 2.42. The van der Waals surface area contributed by atoms with Crippen LogP contribution in [0.25, 0.3) is 0 Å². The molecule has 6 nitrogen and oxygen atoms in total. The Kier molecular flexibility index (Phi) is 8.26. The quantitative estimate of drug-likeness (QED) is 0.426. The molecule has 1 N–H and O–H groups in total. The highest BCUT2D eigenvalue weighted by atomic mass is 79.9. The molecule has 1 aromatic rings. The van der Waals surface area contributed by atoms with Crippen LogP contribution in [0.3, 0.4) is 0 Å². The Balaban J connectivity index is 0.00000300. The van der Waals surface area contributed by atoms with Gasteiger partial charge in [0, 0.05) is 12.3 Å². The van der Waals surface area contributed by atoms with Gasteiger partial charge in [-0.05, 0) is 25.3 Å². The molecule has 0 amide bonds. The van der Waals surface area contributed by atoms with E-state index in [1.165, 1.54) is 0 Å². The predicted molar refractivity (Wildman–Crippen MR) is 104 cm³/mol. The molecule has 7 heteroatoms. The summed E-state index contributed by atoms with van der Waals surface area (Å²) in [4.78, 5) is 25.0. The van der Waals surface area contributed by atoms with Crippen LogP contribution in [0.4, 0.5) is 0 Å². The first-order chi connectivity index (χ1) is 13.4. The minimum Gasteiger partial charge on any atom is -1.00 e. The van der Waals surface area contributed by atoms with Gasteiger partial charge in [-0.15, -0.1) is 0 Å². The Labute approximate surface area is 183 Å². The standard InChI is InChI=1S/C22H32NO5.BrH/c1-3-27-20(24)16-23(2)14-13-19(15-23)28-21(25)22(26,18-11-7-8-12-18)17-9-5-4-6-10-17;/h4-6,9-10,18-19,26H,3,7-8,11-16H2,1-2H3;1H/q+1;/p-1/t19-,22?,23-;/m0./s1. The van der Waals surface area contributed by atoms with Gasteiger partial charge in [0.25, 0.3) is 0 Å². The predicted octanol–water partition coefficient (Wildman–Crippen LogP) is -0.606. The Morgan fingerprint density at radius 1 is 1.17 bits per heavy atom. The third-order valence-electron chi connectivity index (χ3n) is 6.20. The lowest BCUT2D eigenvalue weighted by Crippen LogP contribution is -3.00.